The molecule has 268 valence electrons. The van der Waals surface area contributed by atoms with Gasteiger partial charge in [0.2, 0.25) is 5.91 Å². The van der Waals surface area contributed by atoms with E-state index in [1.807, 2.05) is 13.0 Å². The number of fused-ring (bicyclic) bond motifs is 6. The largest absolute Gasteiger partial charge is 0.488 e. The predicted molar refractivity (Wildman–Crippen MR) is 179 cm³/mol. The summed E-state index contributed by atoms with van der Waals surface area (Å²) < 4.78 is 79.1. The smallest absolute Gasteiger partial charge is 0.416 e. The second-order valence-corrected chi connectivity index (χ2v) is 13.3. The van der Waals surface area contributed by atoms with Crippen molar-refractivity contribution in [3.63, 3.8) is 0 Å². The molecule has 6 rings (SSSR count). The van der Waals surface area contributed by atoms with Crippen molar-refractivity contribution in [2.45, 2.75) is 57.7 Å². The Morgan fingerprint density at radius 3 is 2.47 bits per heavy atom. The van der Waals surface area contributed by atoms with Gasteiger partial charge in [0.1, 0.15) is 30.4 Å². The van der Waals surface area contributed by atoms with E-state index in [0.717, 1.165) is 16.3 Å². The molecule has 3 heterocycles. The number of carbonyl (C=O) groups is 2. The first-order valence-electron chi connectivity index (χ1n) is 16.1. The third kappa shape index (κ3) is 7.50. The number of benzene rings is 3. The Kier molecular flexibility index (Phi) is 9.97. The summed E-state index contributed by atoms with van der Waals surface area (Å²) in [5.41, 5.74) is -0.328. The Balaban J connectivity index is 1.56. The zero-order valence-electron chi connectivity index (χ0n) is 27.5. The summed E-state index contributed by atoms with van der Waals surface area (Å²) in [6, 6.07) is 10.1. The maximum absolute atomic E-state index is 15.9. The second-order valence-electron chi connectivity index (χ2n) is 12.9. The Bertz CT molecular complexity index is 2080. The number of pyridine rings is 1. The topological polar surface area (TPSA) is 101 Å². The summed E-state index contributed by atoms with van der Waals surface area (Å²) in [5.74, 6) is -2.75. The molecule has 3 aromatic carbocycles. The van der Waals surface area contributed by atoms with Gasteiger partial charge in [-0.3, -0.25) is 23.9 Å². The highest BCUT2D eigenvalue weighted by molar-refractivity contribution is 6.31. The number of amides is 1. The van der Waals surface area contributed by atoms with Crippen LogP contribution in [0.15, 0.2) is 65.6 Å². The van der Waals surface area contributed by atoms with Crippen LogP contribution in [0.2, 0.25) is 5.02 Å². The average Bonchev–Trinajstić information content (AvgIpc) is 3.03. The van der Waals surface area contributed by atoms with Crippen LogP contribution in [0.3, 0.4) is 0 Å². The molecule has 0 spiro atoms. The summed E-state index contributed by atoms with van der Waals surface area (Å²) in [6.45, 7) is 3.45. The van der Waals surface area contributed by atoms with Gasteiger partial charge in [0.15, 0.2) is 0 Å². The van der Waals surface area contributed by atoms with Crippen LogP contribution in [0.5, 0.6) is 5.75 Å². The van der Waals surface area contributed by atoms with Crippen LogP contribution in [-0.4, -0.2) is 52.3 Å². The van der Waals surface area contributed by atoms with E-state index in [0.29, 0.717) is 28.5 Å². The SMILES string of the molecule is Cc1cc2cc(c1F)[C@@H](CC(=O)O)NC(=O)[C@H](n1cc(CCN3CC(F)C3)c(C(F)(F)F)cc1=O)c1cc(ccc1Cl)COc1cccc(C)c1-2. The zero-order chi connectivity index (χ0) is 36.8. The molecule has 2 aliphatic heterocycles. The highest BCUT2D eigenvalue weighted by Gasteiger charge is 2.37. The molecule has 14 heteroatoms. The number of carbonyl (C=O) groups excluding carboxylic acids is 1. The van der Waals surface area contributed by atoms with Crippen LogP contribution < -0.4 is 15.6 Å². The molecule has 0 radical (unpaired) electrons. The first-order valence-corrected chi connectivity index (χ1v) is 16.5. The van der Waals surface area contributed by atoms with Crippen LogP contribution >= 0.6 is 11.6 Å². The second kappa shape index (κ2) is 14.1. The summed E-state index contributed by atoms with van der Waals surface area (Å²) in [7, 11) is 0. The van der Waals surface area contributed by atoms with E-state index in [1.165, 1.54) is 25.1 Å². The van der Waals surface area contributed by atoms with E-state index in [-0.39, 0.29) is 59.9 Å². The fourth-order valence-electron chi connectivity index (χ4n) is 6.69. The number of ether oxygens (including phenoxy) is 1. The maximum atomic E-state index is 15.9. The van der Waals surface area contributed by atoms with Crippen molar-refractivity contribution in [2.75, 3.05) is 19.6 Å². The van der Waals surface area contributed by atoms with E-state index in [4.69, 9.17) is 16.3 Å². The number of nitrogens with zero attached hydrogens (tertiary/aromatic N) is 2. The normalized spacial score (nSPS) is 18.2. The molecule has 1 saturated heterocycles. The Hall–Kier alpha value is -4.75. The van der Waals surface area contributed by atoms with E-state index in [2.05, 4.69) is 5.32 Å². The number of carboxylic acid groups (broad SMARTS) is 1. The number of rotatable bonds is 6. The fraction of sp³-hybridized carbons (Fsp3) is 0.324. The number of halogens is 6. The van der Waals surface area contributed by atoms with Crippen LogP contribution in [0, 0.1) is 19.7 Å². The van der Waals surface area contributed by atoms with Gasteiger partial charge < -0.3 is 15.2 Å². The lowest BCUT2D eigenvalue weighted by Gasteiger charge is -2.34. The summed E-state index contributed by atoms with van der Waals surface area (Å²) >= 11 is 6.64. The molecular formula is C37H33ClF5N3O5. The fourth-order valence-corrected chi connectivity index (χ4v) is 6.91. The molecule has 1 amide bonds. The molecule has 1 aromatic heterocycles. The van der Waals surface area contributed by atoms with Gasteiger partial charge in [0.05, 0.1) is 18.0 Å². The van der Waals surface area contributed by atoms with E-state index >= 15 is 4.39 Å². The van der Waals surface area contributed by atoms with Crippen molar-refractivity contribution >= 4 is 23.5 Å². The maximum Gasteiger partial charge on any atom is 0.416 e. The number of nitrogens with one attached hydrogen (secondary N) is 1. The minimum atomic E-state index is -4.92. The Morgan fingerprint density at radius 1 is 1.04 bits per heavy atom. The summed E-state index contributed by atoms with van der Waals surface area (Å²) in [6.07, 6.45) is -6.08. The monoisotopic (exact) mass is 729 g/mol. The first-order chi connectivity index (χ1) is 24.1. The third-order valence-electron chi connectivity index (χ3n) is 9.23. The van der Waals surface area contributed by atoms with Gasteiger partial charge in [0.25, 0.3) is 5.56 Å². The molecule has 4 aromatic rings. The van der Waals surface area contributed by atoms with Crippen LogP contribution in [-0.2, 0) is 28.8 Å². The highest BCUT2D eigenvalue weighted by atomic mass is 35.5. The Morgan fingerprint density at radius 2 is 1.78 bits per heavy atom. The lowest BCUT2D eigenvalue weighted by atomic mass is 9.91. The molecule has 51 heavy (non-hydrogen) atoms. The molecular weight excluding hydrogens is 697 g/mol. The van der Waals surface area contributed by atoms with Crippen molar-refractivity contribution in [3.05, 3.63) is 121 Å². The minimum Gasteiger partial charge on any atom is -0.488 e. The molecule has 4 bridgehead atoms. The average molecular weight is 730 g/mol. The van der Waals surface area contributed by atoms with Gasteiger partial charge in [-0.25, -0.2) is 8.78 Å². The lowest BCUT2D eigenvalue weighted by Crippen LogP contribution is -2.49. The number of carboxylic acids is 1. The van der Waals surface area contributed by atoms with Crippen LogP contribution in [0.25, 0.3) is 11.1 Å². The molecule has 2 aliphatic rings. The first kappa shape index (κ1) is 36.1. The quantitative estimate of drug-likeness (QED) is 0.209. The van der Waals surface area contributed by atoms with Crippen molar-refractivity contribution in [1.29, 1.82) is 0 Å². The molecule has 0 aliphatic carbocycles. The lowest BCUT2D eigenvalue weighted by molar-refractivity contribution is -0.139. The number of aryl methyl sites for hydroxylation is 2. The van der Waals surface area contributed by atoms with Gasteiger partial charge in [-0.05, 0) is 78.4 Å². The van der Waals surface area contributed by atoms with Crippen LogP contribution in [0.1, 0.15) is 57.4 Å². The van der Waals surface area contributed by atoms with Crippen molar-refractivity contribution in [2.24, 2.45) is 0 Å². The minimum absolute atomic E-state index is 0.00657. The van der Waals surface area contributed by atoms with Gasteiger partial charge in [-0.1, -0.05) is 29.8 Å². The number of aliphatic carboxylic acids is 1. The molecule has 8 nitrogen and oxygen atoms in total. The standard InChI is InChI=1S/C37H33ClF5N3O5/c1-19-4-3-5-30-33(19)23-10-20(2)34(40)26(12-23)29(14-32(48)49)44-36(50)35(25-11-21(18-51-30)6-7-28(25)38)46-15-22(8-9-45-16-24(39)17-45)27(13-31(46)47)37(41,42)43/h3-7,10-13,15,24,29,35H,8-9,14,16-18H2,1-2H3,(H,44,50)(H,48,49)/t29-,35-/m1/s1. The molecule has 2 atom stereocenters. The number of likely N-dealkylation sites (tertiary alicyclic amines) is 1. The number of hydrogen-bond acceptors (Lipinski definition) is 5. The van der Waals surface area contributed by atoms with Gasteiger partial charge in [-0.15, -0.1) is 0 Å². The van der Waals surface area contributed by atoms with E-state index < -0.39 is 59.7 Å². The number of aromatic nitrogens is 1. The van der Waals surface area contributed by atoms with E-state index in [1.54, 1.807) is 29.2 Å². The number of hydrogen-bond donors (Lipinski definition) is 2. The molecule has 1 fully saturated rings. The van der Waals surface area contributed by atoms with Crippen molar-refractivity contribution in [1.82, 2.24) is 14.8 Å². The summed E-state index contributed by atoms with van der Waals surface area (Å²) in [4.78, 5) is 41.8. The number of alkyl halides is 4. The van der Waals surface area contributed by atoms with Crippen molar-refractivity contribution < 1.29 is 41.4 Å². The van der Waals surface area contributed by atoms with Crippen molar-refractivity contribution in [3.8, 4) is 16.9 Å². The predicted octanol–water partition coefficient (Wildman–Crippen LogP) is 6.95. The van der Waals surface area contributed by atoms with Gasteiger partial charge in [-0.2, -0.15) is 13.2 Å². The molecule has 0 saturated carbocycles. The third-order valence-corrected chi connectivity index (χ3v) is 9.58. The molecule has 2 N–H and O–H groups in total. The van der Waals surface area contributed by atoms with E-state index in [9.17, 15) is 37.1 Å². The highest BCUT2D eigenvalue weighted by Crippen LogP contribution is 2.39. The zero-order valence-corrected chi connectivity index (χ0v) is 28.2. The summed E-state index contributed by atoms with van der Waals surface area (Å²) in [5, 5.41) is 12.4. The Labute approximate surface area is 294 Å². The van der Waals surface area contributed by atoms with Gasteiger partial charge >= 0.3 is 12.1 Å². The molecule has 0 unspecified atom stereocenters. The van der Waals surface area contributed by atoms with Crippen LogP contribution in [0.4, 0.5) is 22.0 Å². The van der Waals surface area contributed by atoms with Gasteiger partial charge in [0, 0.05) is 53.6 Å².